The molecule has 0 amide bonds. The van der Waals surface area contributed by atoms with Gasteiger partial charge in [0.15, 0.2) is 0 Å². The molecule has 18 rings (SSSR count). The van der Waals surface area contributed by atoms with Crippen LogP contribution in [0.15, 0.2) is 255 Å². The molecule has 0 atom stereocenters. The zero-order valence-electron chi connectivity index (χ0n) is 45.0. The molecule has 81 heavy (non-hydrogen) atoms. The summed E-state index contributed by atoms with van der Waals surface area (Å²) < 4.78 is 9.92. The monoisotopic (exact) mass is 1050 g/mol. The number of benzene rings is 12. The van der Waals surface area contributed by atoms with Gasteiger partial charge in [0, 0.05) is 65.8 Å². The van der Waals surface area contributed by atoms with Crippen LogP contribution >= 0.6 is 0 Å². The van der Waals surface area contributed by atoms with Gasteiger partial charge >= 0.3 is 0 Å². The van der Waals surface area contributed by atoms with Gasteiger partial charge in [-0.25, -0.2) is 0 Å². The largest absolute Gasteiger partial charge is 0.309 e. The average molecular weight is 1050 g/mol. The summed E-state index contributed by atoms with van der Waals surface area (Å²) >= 11 is 0. The second-order valence-corrected chi connectivity index (χ2v) is 27.4. The molecule has 0 saturated carbocycles. The highest BCUT2D eigenvalue weighted by Crippen LogP contribution is 2.48. The summed E-state index contributed by atoms with van der Waals surface area (Å²) in [5.74, 6) is 0. The van der Waals surface area contributed by atoms with Crippen LogP contribution in [0.5, 0.6) is 0 Å². The van der Waals surface area contributed by atoms with Crippen molar-refractivity contribution in [2.45, 2.75) is 25.9 Å². The fourth-order valence-corrected chi connectivity index (χ4v) is 18.6. The summed E-state index contributed by atoms with van der Waals surface area (Å²) in [6.07, 6.45) is 1.79. The third-order valence-electron chi connectivity index (χ3n) is 18.7. The Labute approximate surface area is 469 Å². The highest BCUT2D eigenvalue weighted by molar-refractivity contribution is 7.01. The summed E-state index contributed by atoms with van der Waals surface area (Å²) in [5.41, 5.74) is 25.9. The molecule has 0 aliphatic heterocycles. The Balaban J connectivity index is 0.793. The summed E-state index contributed by atoms with van der Waals surface area (Å²) in [4.78, 5) is 0. The molecule has 4 aromatic heterocycles. The zero-order chi connectivity index (χ0) is 53.2. The van der Waals surface area contributed by atoms with Gasteiger partial charge in [-0.3, -0.25) is 0 Å². The van der Waals surface area contributed by atoms with Gasteiger partial charge in [0.05, 0.1) is 44.1 Å². The number of fused-ring (bicyclic) bond motifs is 20. The molecule has 16 aromatic rings. The van der Waals surface area contributed by atoms with E-state index >= 15 is 0 Å². The van der Waals surface area contributed by atoms with E-state index in [9.17, 15) is 0 Å². The van der Waals surface area contributed by atoms with E-state index in [0.29, 0.717) is 0 Å². The molecule has 0 radical (unpaired) electrons. The minimum atomic E-state index is -2.40. The predicted molar refractivity (Wildman–Crippen MR) is 343 cm³/mol. The van der Waals surface area contributed by atoms with Crippen molar-refractivity contribution in [3.63, 3.8) is 0 Å². The number of nitrogens with zero attached hydrogens (tertiary/aromatic N) is 4. The zero-order valence-corrected chi connectivity index (χ0v) is 46.0. The van der Waals surface area contributed by atoms with E-state index in [4.69, 9.17) is 0 Å². The molecule has 5 heteroatoms. The van der Waals surface area contributed by atoms with Crippen LogP contribution in [0.3, 0.4) is 0 Å². The lowest BCUT2D eigenvalue weighted by Crippen LogP contribution is -2.55. The van der Waals surface area contributed by atoms with Crippen LogP contribution in [0.2, 0.25) is 13.1 Å². The Kier molecular flexibility index (Phi) is 9.19. The van der Waals surface area contributed by atoms with Gasteiger partial charge in [0.1, 0.15) is 8.07 Å². The Morgan fingerprint density at radius 3 is 0.963 bits per heavy atom. The van der Waals surface area contributed by atoms with Gasteiger partial charge in [0.2, 0.25) is 0 Å². The highest BCUT2D eigenvalue weighted by atomic mass is 28.3. The standard InChI is InChI=1S/C76H52N4Si/c1-81(2,73-33-17-27-51-53-37-41-71-75(61(53)45-59(51)73)63-43-49(35-39-69(63)77(71)47-19-5-3-6-20-47)79-65-29-13-9-23-55(65)56-24-10-14-30-66(56)79)74-34-18-28-52-54-38-42-72-76(62(54)46-60(52)74)64-44-50(36-40-70(64)78(72)48-21-7-4-8-22-48)80-67-31-15-11-25-57(67)58-26-12-16-32-68(58)80/h3-44H,45-46H2,1-2H3. The lowest BCUT2D eigenvalue weighted by atomic mass is 10.0. The van der Waals surface area contributed by atoms with E-state index in [0.717, 1.165) is 12.8 Å². The SMILES string of the molecule is C[Si](C)(c1cccc2c1Cc1c-2ccc2c1c1cc(-n3c4ccccc4c4ccccc43)ccc1n2-c1ccccc1)c1cccc2c1Cc1c-2ccc2c1c1cc(-n3c4ccccc4c4ccccc43)ccc1n2-c1ccccc1. The molecule has 2 aliphatic carbocycles. The minimum absolute atomic E-state index is 0.894. The number of rotatable bonds is 6. The van der Waals surface area contributed by atoms with Crippen LogP contribution in [0.25, 0.3) is 132 Å². The topological polar surface area (TPSA) is 19.7 Å². The predicted octanol–water partition coefficient (Wildman–Crippen LogP) is 18.0. The number of hydrogen-bond acceptors (Lipinski definition) is 0. The fourth-order valence-electron chi connectivity index (χ4n) is 15.3. The maximum atomic E-state index is 2.62. The van der Waals surface area contributed by atoms with Gasteiger partial charge in [-0.15, -0.1) is 0 Å². The van der Waals surface area contributed by atoms with Crippen molar-refractivity contribution >= 4 is 106 Å². The van der Waals surface area contributed by atoms with Crippen molar-refractivity contribution in [3.8, 4) is 45.0 Å². The van der Waals surface area contributed by atoms with E-state index in [1.807, 2.05) is 0 Å². The smallest absolute Gasteiger partial charge is 0.113 e. The van der Waals surface area contributed by atoms with Gasteiger partial charge in [-0.1, -0.05) is 181 Å². The Bertz CT molecular complexity index is 4940. The second kappa shape index (κ2) is 16.6. The molecule has 0 spiro atoms. The van der Waals surface area contributed by atoms with Crippen LogP contribution in [0.4, 0.5) is 0 Å². The van der Waals surface area contributed by atoms with Crippen LogP contribution in [-0.4, -0.2) is 26.3 Å². The molecule has 0 saturated heterocycles. The molecule has 0 unspecified atom stereocenters. The molecular weight excluding hydrogens is 997 g/mol. The first-order valence-electron chi connectivity index (χ1n) is 28.5. The first kappa shape index (κ1) is 45.0. The van der Waals surface area contributed by atoms with Crippen molar-refractivity contribution in [1.82, 2.24) is 18.3 Å². The maximum Gasteiger partial charge on any atom is 0.113 e. The first-order valence-corrected chi connectivity index (χ1v) is 31.5. The van der Waals surface area contributed by atoms with Crippen LogP contribution in [0, 0.1) is 0 Å². The third kappa shape index (κ3) is 6.13. The second-order valence-electron chi connectivity index (χ2n) is 23.1. The normalized spacial score (nSPS) is 13.0. The summed E-state index contributed by atoms with van der Waals surface area (Å²) in [5, 5.41) is 13.5. The van der Waals surface area contributed by atoms with Crippen LogP contribution in [-0.2, 0) is 12.8 Å². The lowest BCUT2D eigenvalue weighted by molar-refractivity contribution is 1.16. The third-order valence-corrected chi connectivity index (χ3v) is 22.4. The van der Waals surface area contributed by atoms with Gasteiger partial charge in [-0.05, 0) is 154 Å². The van der Waals surface area contributed by atoms with Crippen molar-refractivity contribution in [2.24, 2.45) is 0 Å². The fraction of sp³-hybridized carbons (Fsp3) is 0.0526. The van der Waals surface area contributed by atoms with E-state index < -0.39 is 8.07 Å². The summed E-state index contributed by atoms with van der Waals surface area (Å²) in [6.45, 7) is 5.24. The van der Waals surface area contributed by atoms with E-state index in [-0.39, 0.29) is 0 Å². The average Bonchev–Trinajstić information content (AvgIpc) is 4.11. The summed E-state index contributed by atoms with van der Waals surface area (Å²) in [6, 6.07) is 95.8. The van der Waals surface area contributed by atoms with Gasteiger partial charge in [0.25, 0.3) is 0 Å². The number of aromatic nitrogens is 4. The van der Waals surface area contributed by atoms with E-state index in [2.05, 4.69) is 286 Å². The van der Waals surface area contributed by atoms with Crippen molar-refractivity contribution in [2.75, 3.05) is 0 Å². The molecule has 0 fully saturated rings. The van der Waals surface area contributed by atoms with E-state index in [1.54, 1.807) is 0 Å². The molecule has 12 aromatic carbocycles. The summed E-state index contributed by atoms with van der Waals surface area (Å²) in [7, 11) is -2.40. The first-order chi connectivity index (χ1) is 40.0. The van der Waals surface area contributed by atoms with Gasteiger partial charge < -0.3 is 18.3 Å². The van der Waals surface area contributed by atoms with E-state index in [1.165, 1.54) is 165 Å². The molecule has 380 valence electrons. The lowest BCUT2D eigenvalue weighted by Gasteiger charge is -2.29. The van der Waals surface area contributed by atoms with Gasteiger partial charge in [-0.2, -0.15) is 0 Å². The molecule has 0 bridgehead atoms. The van der Waals surface area contributed by atoms with Crippen molar-refractivity contribution in [3.05, 3.63) is 277 Å². The Morgan fingerprint density at radius 2 is 0.568 bits per heavy atom. The van der Waals surface area contributed by atoms with Crippen molar-refractivity contribution in [1.29, 1.82) is 0 Å². The maximum absolute atomic E-state index is 2.62. The van der Waals surface area contributed by atoms with Crippen molar-refractivity contribution < 1.29 is 0 Å². The molecule has 0 N–H and O–H groups in total. The quantitative estimate of drug-likeness (QED) is 0.148. The molecular formula is C76H52N4Si. The Hall–Kier alpha value is -9.94. The van der Waals surface area contributed by atoms with Crippen LogP contribution < -0.4 is 10.4 Å². The molecule has 4 nitrogen and oxygen atoms in total. The minimum Gasteiger partial charge on any atom is -0.309 e. The number of hydrogen-bond donors (Lipinski definition) is 0. The Morgan fingerprint density at radius 1 is 0.247 bits per heavy atom. The molecule has 2 aliphatic rings. The van der Waals surface area contributed by atoms with Crippen LogP contribution in [0.1, 0.15) is 22.3 Å². The number of para-hydroxylation sites is 6. The molecule has 4 heterocycles. The highest BCUT2D eigenvalue weighted by Gasteiger charge is 2.38.